The first-order valence-electron chi connectivity index (χ1n) is 8.96. The molecule has 1 aliphatic heterocycles. The number of H-pyrrole nitrogens is 1. The minimum atomic E-state index is -1.33. The highest BCUT2D eigenvalue weighted by molar-refractivity contribution is 6.34. The highest BCUT2D eigenvalue weighted by atomic mass is 19.1. The molecule has 0 fully saturated rings. The van der Waals surface area contributed by atoms with Gasteiger partial charge in [-0.15, -0.1) is 0 Å². The first-order valence-corrected chi connectivity index (χ1v) is 8.96. The highest BCUT2D eigenvalue weighted by Gasteiger charge is 2.26. The molecule has 1 atom stereocenters. The van der Waals surface area contributed by atoms with Gasteiger partial charge in [-0.3, -0.25) is 14.4 Å². The standard InChI is InChI=1S/C20H21FN4O4/c1-9-15(8-13-12-7-11(21)3-4-14(12)25-19(13)28)24-10(2)17(9)20(29)23-6-5-16(26)18(22)27/h3-4,7-8,16,24,26H,5-6H2,1-2H3,(H2,22,27)(H,23,29)(H,25,28)/b13-8-/t16-/m0/s1. The minimum Gasteiger partial charge on any atom is -0.383 e. The second-order valence-electron chi connectivity index (χ2n) is 6.83. The van der Waals surface area contributed by atoms with Gasteiger partial charge in [-0.25, -0.2) is 4.39 Å². The van der Waals surface area contributed by atoms with E-state index in [2.05, 4.69) is 15.6 Å². The molecule has 152 valence electrons. The molecule has 9 heteroatoms. The number of aliphatic hydroxyl groups is 1. The molecule has 6 N–H and O–H groups in total. The zero-order valence-electron chi connectivity index (χ0n) is 15.9. The van der Waals surface area contributed by atoms with Crippen molar-refractivity contribution in [1.29, 1.82) is 0 Å². The predicted octanol–water partition coefficient (Wildman–Crippen LogP) is 1.23. The quantitative estimate of drug-likeness (QED) is 0.466. The number of nitrogens with one attached hydrogen (secondary N) is 3. The van der Waals surface area contributed by atoms with Gasteiger partial charge in [0.2, 0.25) is 5.91 Å². The number of fused-ring (bicyclic) bond motifs is 1. The van der Waals surface area contributed by atoms with E-state index in [4.69, 9.17) is 5.73 Å². The molecule has 0 radical (unpaired) electrons. The fourth-order valence-corrected chi connectivity index (χ4v) is 3.26. The molecule has 0 aliphatic carbocycles. The molecule has 1 aromatic heterocycles. The lowest BCUT2D eigenvalue weighted by Crippen LogP contribution is -2.33. The molecule has 0 saturated heterocycles. The second kappa shape index (κ2) is 7.88. The molecule has 2 heterocycles. The molecule has 8 nitrogen and oxygen atoms in total. The molecule has 3 rings (SSSR count). The van der Waals surface area contributed by atoms with E-state index in [0.717, 1.165) is 0 Å². The van der Waals surface area contributed by atoms with Crippen LogP contribution in [0.25, 0.3) is 11.6 Å². The topological polar surface area (TPSA) is 137 Å². The summed E-state index contributed by atoms with van der Waals surface area (Å²) in [5.41, 5.74) is 8.38. The van der Waals surface area contributed by atoms with Gasteiger partial charge in [0.1, 0.15) is 11.9 Å². The second-order valence-corrected chi connectivity index (χ2v) is 6.83. The third kappa shape index (κ3) is 4.04. The monoisotopic (exact) mass is 400 g/mol. The van der Waals surface area contributed by atoms with Crippen molar-refractivity contribution in [2.24, 2.45) is 5.73 Å². The molecule has 0 unspecified atom stereocenters. The number of rotatable bonds is 6. The Morgan fingerprint density at radius 3 is 2.76 bits per heavy atom. The van der Waals surface area contributed by atoms with Crippen LogP contribution in [-0.2, 0) is 9.59 Å². The van der Waals surface area contributed by atoms with E-state index in [1.807, 2.05) is 0 Å². The van der Waals surface area contributed by atoms with Crippen molar-refractivity contribution < 1.29 is 23.9 Å². The smallest absolute Gasteiger partial charge is 0.256 e. The van der Waals surface area contributed by atoms with Gasteiger partial charge in [-0.1, -0.05) is 0 Å². The average molecular weight is 400 g/mol. The number of aromatic amines is 1. The van der Waals surface area contributed by atoms with Gasteiger partial charge in [0, 0.05) is 29.2 Å². The summed E-state index contributed by atoms with van der Waals surface area (Å²) in [4.78, 5) is 38.7. The number of benzene rings is 1. The number of aliphatic hydroxyl groups excluding tert-OH is 1. The summed E-state index contributed by atoms with van der Waals surface area (Å²) in [6.45, 7) is 3.51. The zero-order valence-corrected chi connectivity index (χ0v) is 15.9. The number of aromatic nitrogens is 1. The van der Waals surface area contributed by atoms with Gasteiger partial charge in [-0.05, 0) is 50.1 Å². The third-order valence-electron chi connectivity index (χ3n) is 4.79. The van der Waals surface area contributed by atoms with E-state index < -0.39 is 17.8 Å². The van der Waals surface area contributed by atoms with Gasteiger partial charge in [0.25, 0.3) is 11.8 Å². The maximum absolute atomic E-state index is 13.6. The van der Waals surface area contributed by atoms with E-state index in [0.29, 0.717) is 39.3 Å². The molecule has 1 aliphatic rings. The molecule has 1 aromatic carbocycles. The number of amides is 3. The average Bonchev–Trinajstić information content (AvgIpc) is 3.11. The van der Waals surface area contributed by atoms with Crippen molar-refractivity contribution in [1.82, 2.24) is 10.3 Å². The van der Waals surface area contributed by atoms with Crippen LogP contribution in [0, 0.1) is 19.7 Å². The normalized spacial score (nSPS) is 15.2. The Balaban J connectivity index is 1.84. The molecular weight excluding hydrogens is 379 g/mol. The number of nitrogens with two attached hydrogens (primary N) is 1. The van der Waals surface area contributed by atoms with Gasteiger partial charge in [-0.2, -0.15) is 0 Å². The summed E-state index contributed by atoms with van der Waals surface area (Å²) in [5, 5.41) is 14.7. The molecule has 3 amide bonds. The van der Waals surface area contributed by atoms with Crippen LogP contribution in [0.1, 0.15) is 39.3 Å². The molecule has 0 bridgehead atoms. The van der Waals surface area contributed by atoms with Crippen molar-refractivity contribution >= 4 is 35.1 Å². The fraction of sp³-hybridized carbons (Fsp3) is 0.250. The first-order chi connectivity index (χ1) is 13.7. The zero-order chi connectivity index (χ0) is 21.3. The Labute approximate surface area is 166 Å². The van der Waals surface area contributed by atoms with Crippen LogP contribution in [0.15, 0.2) is 18.2 Å². The van der Waals surface area contributed by atoms with Gasteiger partial charge >= 0.3 is 0 Å². The van der Waals surface area contributed by atoms with Crippen molar-refractivity contribution in [2.45, 2.75) is 26.4 Å². The van der Waals surface area contributed by atoms with Crippen LogP contribution in [-0.4, -0.2) is 40.5 Å². The first kappa shape index (κ1) is 20.3. The van der Waals surface area contributed by atoms with Crippen LogP contribution in [0.2, 0.25) is 0 Å². The van der Waals surface area contributed by atoms with Crippen LogP contribution < -0.4 is 16.4 Å². The van der Waals surface area contributed by atoms with E-state index in [1.165, 1.54) is 18.2 Å². The maximum Gasteiger partial charge on any atom is 0.256 e. The SMILES string of the molecule is Cc1[nH]c(/C=C2\C(=O)Nc3ccc(F)cc32)c(C)c1C(=O)NCC[C@H](O)C(N)=O. The van der Waals surface area contributed by atoms with Crippen LogP contribution in [0.4, 0.5) is 10.1 Å². The minimum absolute atomic E-state index is 0.00299. The van der Waals surface area contributed by atoms with Crippen LogP contribution in [0.3, 0.4) is 0 Å². The number of hydrogen-bond donors (Lipinski definition) is 5. The summed E-state index contributed by atoms with van der Waals surface area (Å²) >= 11 is 0. The highest BCUT2D eigenvalue weighted by Crippen LogP contribution is 2.34. The lowest BCUT2D eigenvalue weighted by atomic mass is 10.0. The summed E-state index contributed by atoms with van der Waals surface area (Å²) in [5.74, 6) is -2.05. The lowest BCUT2D eigenvalue weighted by Gasteiger charge is -2.08. The van der Waals surface area contributed by atoms with Crippen molar-refractivity contribution in [2.75, 3.05) is 11.9 Å². The lowest BCUT2D eigenvalue weighted by molar-refractivity contribution is -0.126. The van der Waals surface area contributed by atoms with Crippen molar-refractivity contribution in [3.05, 3.63) is 52.1 Å². The fourth-order valence-electron chi connectivity index (χ4n) is 3.26. The summed E-state index contributed by atoms with van der Waals surface area (Å²) in [6.07, 6.45) is 0.255. The molecule has 0 saturated carbocycles. The van der Waals surface area contributed by atoms with Gasteiger partial charge in [0.05, 0.1) is 11.1 Å². The Morgan fingerprint density at radius 2 is 2.07 bits per heavy atom. The summed E-state index contributed by atoms with van der Waals surface area (Å²) in [6, 6.07) is 4.04. The maximum atomic E-state index is 13.6. The Kier molecular flexibility index (Phi) is 5.51. The number of halogens is 1. The number of carbonyl (C=O) groups excluding carboxylic acids is 3. The largest absolute Gasteiger partial charge is 0.383 e. The Bertz CT molecular complexity index is 1040. The number of hydrogen-bond acceptors (Lipinski definition) is 4. The van der Waals surface area contributed by atoms with Crippen molar-refractivity contribution in [3.8, 4) is 0 Å². The van der Waals surface area contributed by atoms with Crippen molar-refractivity contribution in [3.63, 3.8) is 0 Å². The van der Waals surface area contributed by atoms with E-state index in [1.54, 1.807) is 19.9 Å². The predicted molar refractivity (Wildman–Crippen MR) is 105 cm³/mol. The number of anilines is 1. The summed E-state index contributed by atoms with van der Waals surface area (Å²) < 4.78 is 13.6. The number of primary amides is 1. The molecule has 29 heavy (non-hydrogen) atoms. The van der Waals surface area contributed by atoms with Crippen LogP contribution >= 0.6 is 0 Å². The summed E-state index contributed by atoms with van der Waals surface area (Å²) in [7, 11) is 0. The number of aryl methyl sites for hydroxylation is 1. The Hall–Kier alpha value is -3.46. The van der Waals surface area contributed by atoms with E-state index >= 15 is 0 Å². The van der Waals surface area contributed by atoms with Crippen LogP contribution in [0.5, 0.6) is 0 Å². The van der Waals surface area contributed by atoms with Gasteiger partial charge in [0.15, 0.2) is 0 Å². The van der Waals surface area contributed by atoms with Gasteiger partial charge < -0.3 is 26.5 Å². The Morgan fingerprint density at radius 1 is 1.34 bits per heavy atom. The van der Waals surface area contributed by atoms with E-state index in [-0.39, 0.29) is 24.8 Å². The third-order valence-corrected chi connectivity index (χ3v) is 4.79. The molecule has 2 aromatic rings. The molecular formula is C20H21FN4O4. The van der Waals surface area contributed by atoms with E-state index in [9.17, 15) is 23.9 Å². The molecule has 0 spiro atoms. The number of carbonyl (C=O) groups is 3.